The second-order valence-electron chi connectivity index (χ2n) is 3.92. The van der Waals surface area contributed by atoms with Gasteiger partial charge in [0.05, 0.1) is 13.7 Å². The second-order valence-corrected chi connectivity index (χ2v) is 3.92. The van der Waals surface area contributed by atoms with E-state index >= 15 is 0 Å². The molecule has 0 amide bonds. The Kier molecular flexibility index (Phi) is 2.76. The Labute approximate surface area is 104 Å². The molecule has 1 aromatic rings. The van der Waals surface area contributed by atoms with E-state index < -0.39 is 0 Å². The summed E-state index contributed by atoms with van der Waals surface area (Å²) in [6.07, 6.45) is 8.61. The van der Waals surface area contributed by atoms with Gasteiger partial charge in [0.1, 0.15) is 18.3 Å². The van der Waals surface area contributed by atoms with Crippen molar-refractivity contribution >= 4 is 11.9 Å². The quantitative estimate of drug-likeness (QED) is 0.799. The average molecular weight is 247 g/mol. The number of nitrogens with zero attached hydrogens (tertiary/aromatic N) is 3. The Morgan fingerprint density at radius 2 is 2.28 bits per heavy atom. The lowest BCUT2D eigenvalue weighted by atomic mass is 10.2. The molecule has 0 bridgehead atoms. The van der Waals surface area contributed by atoms with Gasteiger partial charge in [-0.2, -0.15) is 4.98 Å². The molecule has 0 N–H and O–H groups in total. The van der Waals surface area contributed by atoms with Crippen molar-refractivity contribution in [2.24, 2.45) is 0 Å². The second kappa shape index (κ2) is 4.56. The summed E-state index contributed by atoms with van der Waals surface area (Å²) in [5.74, 6) is 0.837. The van der Waals surface area contributed by atoms with Gasteiger partial charge in [0.15, 0.2) is 0 Å². The van der Waals surface area contributed by atoms with Crippen molar-refractivity contribution in [3.8, 4) is 6.01 Å². The van der Waals surface area contributed by atoms with E-state index in [0.717, 1.165) is 17.9 Å². The van der Waals surface area contributed by atoms with Crippen LogP contribution in [0.15, 0.2) is 24.8 Å². The fourth-order valence-electron chi connectivity index (χ4n) is 1.93. The highest BCUT2D eigenvalue weighted by molar-refractivity contribution is 5.67. The zero-order chi connectivity index (χ0) is 12.4. The lowest BCUT2D eigenvalue weighted by Gasteiger charge is -2.28. The Balaban J connectivity index is 1.83. The van der Waals surface area contributed by atoms with Crippen molar-refractivity contribution in [2.45, 2.75) is 6.29 Å². The summed E-state index contributed by atoms with van der Waals surface area (Å²) in [5, 5.41) is 0. The molecule has 94 valence electrons. The summed E-state index contributed by atoms with van der Waals surface area (Å²) in [6.45, 7) is 1.36. The van der Waals surface area contributed by atoms with Gasteiger partial charge in [-0.15, -0.1) is 0 Å². The van der Waals surface area contributed by atoms with Crippen LogP contribution in [-0.4, -0.2) is 36.5 Å². The van der Waals surface area contributed by atoms with Gasteiger partial charge in [-0.25, -0.2) is 4.98 Å². The molecule has 18 heavy (non-hydrogen) atoms. The number of fused-ring (bicyclic) bond motifs is 1. The first-order valence-electron chi connectivity index (χ1n) is 5.65. The first kappa shape index (κ1) is 10.9. The van der Waals surface area contributed by atoms with Gasteiger partial charge in [0.2, 0.25) is 0 Å². The number of aromatic nitrogens is 2. The van der Waals surface area contributed by atoms with E-state index in [1.165, 1.54) is 0 Å². The molecule has 3 rings (SSSR count). The molecule has 0 atom stereocenters. The zero-order valence-electron chi connectivity index (χ0n) is 9.94. The number of methoxy groups -OCH3 is 1. The van der Waals surface area contributed by atoms with Crippen LogP contribution in [0.1, 0.15) is 5.56 Å². The van der Waals surface area contributed by atoms with Gasteiger partial charge in [0.25, 0.3) is 6.29 Å². The third kappa shape index (κ3) is 1.97. The fraction of sp³-hybridized carbons (Fsp3) is 0.333. The molecule has 0 saturated carbocycles. The summed E-state index contributed by atoms with van der Waals surface area (Å²) in [4.78, 5) is 10.5. The predicted octanol–water partition coefficient (Wildman–Crippen LogP) is 1.16. The summed E-state index contributed by atoms with van der Waals surface area (Å²) in [7, 11) is 1.55. The highest BCUT2D eigenvalue weighted by atomic mass is 16.7. The van der Waals surface area contributed by atoms with E-state index in [4.69, 9.17) is 14.2 Å². The molecule has 2 aliphatic heterocycles. The van der Waals surface area contributed by atoms with E-state index in [2.05, 4.69) is 20.9 Å². The zero-order valence-corrected chi connectivity index (χ0v) is 9.94. The molecule has 0 saturated heterocycles. The van der Waals surface area contributed by atoms with Crippen LogP contribution in [0.5, 0.6) is 6.01 Å². The topological polar surface area (TPSA) is 56.7 Å². The summed E-state index contributed by atoms with van der Waals surface area (Å²) >= 11 is 0. The SMILES string of the molecule is COc1ncc2c(n1)N(CC1OC=CO1)CC=C2. The molecule has 6 nitrogen and oxygen atoms in total. The fourth-order valence-corrected chi connectivity index (χ4v) is 1.93. The number of anilines is 1. The summed E-state index contributed by atoms with van der Waals surface area (Å²) in [5.41, 5.74) is 0.966. The van der Waals surface area contributed by atoms with Gasteiger partial charge >= 0.3 is 6.01 Å². The van der Waals surface area contributed by atoms with Crippen molar-refractivity contribution in [1.82, 2.24) is 9.97 Å². The molecule has 0 fully saturated rings. The molecule has 6 heteroatoms. The van der Waals surface area contributed by atoms with Crippen LogP contribution in [0.2, 0.25) is 0 Å². The minimum atomic E-state index is -0.287. The number of ether oxygens (including phenoxy) is 3. The van der Waals surface area contributed by atoms with Crippen LogP contribution < -0.4 is 9.64 Å². The third-order valence-electron chi connectivity index (χ3n) is 2.76. The van der Waals surface area contributed by atoms with Crippen LogP contribution in [0.4, 0.5) is 5.82 Å². The van der Waals surface area contributed by atoms with Crippen LogP contribution >= 0.6 is 0 Å². The number of hydrogen-bond acceptors (Lipinski definition) is 6. The molecule has 2 aliphatic rings. The first-order valence-corrected chi connectivity index (χ1v) is 5.65. The maximum atomic E-state index is 5.28. The van der Waals surface area contributed by atoms with Gasteiger partial charge in [-0.3, -0.25) is 0 Å². The highest BCUT2D eigenvalue weighted by Gasteiger charge is 2.22. The third-order valence-corrected chi connectivity index (χ3v) is 2.76. The van der Waals surface area contributed by atoms with E-state index in [0.29, 0.717) is 12.6 Å². The molecule has 0 aromatic carbocycles. The van der Waals surface area contributed by atoms with E-state index in [9.17, 15) is 0 Å². The predicted molar refractivity (Wildman–Crippen MR) is 64.9 cm³/mol. The van der Waals surface area contributed by atoms with E-state index in [1.807, 2.05) is 6.08 Å². The van der Waals surface area contributed by atoms with Gasteiger partial charge < -0.3 is 19.1 Å². The van der Waals surface area contributed by atoms with Gasteiger partial charge in [-0.1, -0.05) is 12.2 Å². The van der Waals surface area contributed by atoms with Crippen LogP contribution in [-0.2, 0) is 9.47 Å². The summed E-state index contributed by atoms with van der Waals surface area (Å²) in [6, 6.07) is 0.362. The normalized spacial score (nSPS) is 17.3. The van der Waals surface area contributed by atoms with Crippen LogP contribution in [0.3, 0.4) is 0 Å². The van der Waals surface area contributed by atoms with E-state index in [-0.39, 0.29) is 6.29 Å². The van der Waals surface area contributed by atoms with Crippen LogP contribution in [0.25, 0.3) is 6.08 Å². The minimum Gasteiger partial charge on any atom is -0.467 e. The largest absolute Gasteiger partial charge is 0.467 e. The van der Waals surface area contributed by atoms with Crippen molar-refractivity contribution < 1.29 is 14.2 Å². The highest BCUT2D eigenvalue weighted by Crippen LogP contribution is 2.25. The monoisotopic (exact) mass is 247 g/mol. The molecule has 0 spiro atoms. The lowest BCUT2D eigenvalue weighted by Crippen LogP contribution is -2.35. The maximum Gasteiger partial charge on any atom is 0.318 e. The number of rotatable bonds is 3. The molecule has 0 unspecified atom stereocenters. The first-order chi connectivity index (χ1) is 8.86. The minimum absolute atomic E-state index is 0.287. The molecule has 3 heterocycles. The average Bonchev–Trinajstić information content (AvgIpc) is 2.91. The molecular formula is C12H13N3O3. The molecule has 0 radical (unpaired) electrons. The standard InChI is InChI=1S/C12H13N3O3/c1-16-12-13-7-9-3-2-4-15(11(9)14-12)8-10-17-5-6-18-10/h2-3,5-7,10H,4,8H2,1H3. The smallest absolute Gasteiger partial charge is 0.318 e. The Hall–Kier alpha value is -2.24. The maximum absolute atomic E-state index is 5.28. The Morgan fingerprint density at radius 3 is 3.06 bits per heavy atom. The van der Waals surface area contributed by atoms with Crippen LogP contribution in [0, 0.1) is 0 Å². The Bertz CT molecular complexity index is 493. The van der Waals surface area contributed by atoms with Crippen molar-refractivity contribution in [1.29, 1.82) is 0 Å². The van der Waals surface area contributed by atoms with Crippen molar-refractivity contribution in [2.75, 3.05) is 25.1 Å². The molecule has 1 aromatic heterocycles. The van der Waals surface area contributed by atoms with Crippen molar-refractivity contribution in [3.63, 3.8) is 0 Å². The Morgan fingerprint density at radius 1 is 1.44 bits per heavy atom. The number of hydrogen-bond donors (Lipinski definition) is 0. The molecule has 0 aliphatic carbocycles. The lowest BCUT2D eigenvalue weighted by molar-refractivity contribution is -0.0149. The van der Waals surface area contributed by atoms with Gasteiger partial charge in [-0.05, 0) is 0 Å². The van der Waals surface area contributed by atoms with E-state index in [1.54, 1.807) is 25.8 Å². The molecular weight excluding hydrogens is 234 g/mol. The summed E-state index contributed by atoms with van der Waals surface area (Å²) < 4.78 is 15.6. The van der Waals surface area contributed by atoms with Gasteiger partial charge in [0, 0.05) is 18.3 Å². The van der Waals surface area contributed by atoms with Crippen molar-refractivity contribution in [3.05, 3.63) is 30.4 Å².